The number of aromatic nitrogens is 2. The second-order valence-electron chi connectivity index (χ2n) is 4.53. The van der Waals surface area contributed by atoms with E-state index in [2.05, 4.69) is 19.8 Å². The van der Waals surface area contributed by atoms with Crippen molar-refractivity contribution in [3.8, 4) is 0 Å². The smallest absolute Gasteiger partial charge is 0.323 e. The van der Waals surface area contributed by atoms with Crippen LogP contribution in [0.15, 0.2) is 4.63 Å². The van der Waals surface area contributed by atoms with Gasteiger partial charge in [0.25, 0.3) is 0 Å². The fraction of sp³-hybridized carbons (Fsp3) is 0.750. The normalized spacial score (nSPS) is 20.9. The summed E-state index contributed by atoms with van der Waals surface area (Å²) >= 11 is 0. The molecule has 1 fully saturated rings. The van der Waals surface area contributed by atoms with Crippen molar-refractivity contribution < 1.29 is 14.2 Å². The van der Waals surface area contributed by atoms with Crippen molar-refractivity contribution in [1.82, 2.24) is 15.2 Å². The number of carbonyl (C=O) groups excluding carboxylic acids is 1. The van der Waals surface area contributed by atoms with E-state index in [-0.39, 0.29) is 12.0 Å². The molecule has 1 aromatic rings. The van der Waals surface area contributed by atoms with E-state index in [1.54, 1.807) is 0 Å². The molecule has 18 heavy (non-hydrogen) atoms. The maximum atomic E-state index is 11.9. The second kappa shape index (κ2) is 5.95. The van der Waals surface area contributed by atoms with Crippen molar-refractivity contribution in [3.05, 3.63) is 11.4 Å². The Kier molecular flexibility index (Phi) is 4.30. The number of piperidine rings is 1. The average Bonchev–Trinajstić information content (AvgIpc) is 2.76. The van der Waals surface area contributed by atoms with Crippen LogP contribution in [0.5, 0.6) is 0 Å². The maximum absolute atomic E-state index is 11.9. The van der Waals surface area contributed by atoms with Crippen molar-refractivity contribution in [2.24, 2.45) is 0 Å². The molecule has 0 aliphatic carbocycles. The van der Waals surface area contributed by atoms with Gasteiger partial charge in [-0.1, -0.05) is 16.7 Å². The van der Waals surface area contributed by atoms with Crippen molar-refractivity contribution in [1.29, 1.82) is 0 Å². The Morgan fingerprint density at radius 1 is 1.50 bits per heavy atom. The Labute approximate surface area is 106 Å². The lowest BCUT2D eigenvalue weighted by atomic mass is 10.0. The maximum Gasteiger partial charge on any atom is 0.323 e. The van der Waals surface area contributed by atoms with Crippen LogP contribution >= 0.6 is 0 Å². The first-order chi connectivity index (χ1) is 8.72. The fourth-order valence-corrected chi connectivity index (χ4v) is 2.27. The van der Waals surface area contributed by atoms with Crippen LogP contribution in [-0.4, -0.2) is 40.4 Å². The van der Waals surface area contributed by atoms with Gasteiger partial charge in [-0.15, -0.1) is 0 Å². The summed E-state index contributed by atoms with van der Waals surface area (Å²) in [6.45, 7) is 5.59. The number of carbonyl (C=O) groups is 1. The molecule has 0 aromatic carbocycles. The van der Waals surface area contributed by atoms with Gasteiger partial charge in [0.15, 0.2) is 0 Å². The van der Waals surface area contributed by atoms with Crippen LogP contribution in [0.1, 0.15) is 37.6 Å². The standard InChI is InChI=1S/C12H19N3O3/c1-3-17-12(16)11-6-4-5-7-15(11)8-10-9(2)13-18-14-10/h11H,3-8H2,1-2H3. The SMILES string of the molecule is CCOC(=O)C1CCCCN1Cc1nonc1C. The Morgan fingerprint density at radius 3 is 3.00 bits per heavy atom. The summed E-state index contributed by atoms with van der Waals surface area (Å²) in [6.07, 6.45) is 3.01. The fourth-order valence-electron chi connectivity index (χ4n) is 2.27. The van der Waals surface area contributed by atoms with E-state index < -0.39 is 0 Å². The number of aryl methyl sites for hydroxylation is 1. The van der Waals surface area contributed by atoms with Gasteiger partial charge < -0.3 is 4.74 Å². The lowest BCUT2D eigenvalue weighted by Gasteiger charge is -2.33. The molecule has 1 atom stereocenters. The molecule has 2 rings (SSSR count). The van der Waals surface area contributed by atoms with Crippen LogP contribution in [0.4, 0.5) is 0 Å². The van der Waals surface area contributed by atoms with Crippen LogP contribution in [-0.2, 0) is 16.1 Å². The van der Waals surface area contributed by atoms with E-state index in [1.165, 1.54) is 0 Å². The van der Waals surface area contributed by atoms with Gasteiger partial charge in [-0.05, 0) is 33.2 Å². The molecular weight excluding hydrogens is 234 g/mol. The molecule has 0 radical (unpaired) electrons. The molecule has 2 heterocycles. The van der Waals surface area contributed by atoms with E-state index >= 15 is 0 Å². The highest BCUT2D eigenvalue weighted by atomic mass is 16.6. The molecule has 0 saturated carbocycles. The molecule has 1 aliphatic heterocycles. The van der Waals surface area contributed by atoms with Gasteiger partial charge in [-0.25, -0.2) is 4.63 Å². The Morgan fingerprint density at radius 2 is 2.33 bits per heavy atom. The summed E-state index contributed by atoms with van der Waals surface area (Å²) in [4.78, 5) is 14.0. The second-order valence-corrected chi connectivity index (χ2v) is 4.53. The molecule has 1 aliphatic rings. The molecule has 6 nitrogen and oxygen atoms in total. The van der Waals surface area contributed by atoms with E-state index in [0.29, 0.717) is 13.2 Å². The first kappa shape index (κ1) is 13.0. The van der Waals surface area contributed by atoms with Gasteiger partial charge in [0.05, 0.1) is 6.61 Å². The molecule has 6 heteroatoms. The van der Waals surface area contributed by atoms with Crippen LogP contribution < -0.4 is 0 Å². The lowest BCUT2D eigenvalue weighted by molar-refractivity contribution is -0.151. The van der Waals surface area contributed by atoms with Crippen LogP contribution in [0, 0.1) is 6.92 Å². The molecule has 1 aromatic heterocycles. The van der Waals surface area contributed by atoms with Gasteiger partial charge in [0.2, 0.25) is 0 Å². The van der Waals surface area contributed by atoms with E-state index in [4.69, 9.17) is 4.74 Å². The van der Waals surface area contributed by atoms with Crippen LogP contribution in [0.3, 0.4) is 0 Å². The number of hydrogen-bond donors (Lipinski definition) is 0. The predicted molar refractivity (Wildman–Crippen MR) is 63.7 cm³/mol. The minimum Gasteiger partial charge on any atom is -0.465 e. The highest BCUT2D eigenvalue weighted by Gasteiger charge is 2.30. The summed E-state index contributed by atoms with van der Waals surface area (Å²) < 4.78 is 9.81. The number of esters is 1. The molecule has 100 valence electrons. The van der Waals surface area contributed by atoms with E-state index in [0.717, 1.165) is 37.2 Å². The topological polar surface area (TPSA) is 68.5 Å². The van der Waals surface area contributed by atoms with E-state index in [1.807, 2.05) is 13.8 Å². The summed E-state index contributed by atoms with van der Waals surface area (Å²) in [7, 11) is 0. The molecule has 0 amide bonds. The van der Waals surface area contributed by atoms with Gasteiger partial charge in [0, 0.05) is 6.54 Å². The minimum absolute atomic E-state index is 0.133. The van der Waals surface area contributed by atoms with Crippen molar-refractivity contribution >= 4 is 5.97 Å². The average molecular weight is 253 g/mol. The van der Waals surface area contributed by atoms with Gasteiger partial charge >= 0.3 is 5.97 Å². The monoisotopic (exact) mass is 253 g/mol. The summed E-state index contributed by atoms with van der Waals surface area (Å²) in [5.41, 5.74) is 1.58. The quantitative estimate of drug-likeness (QED) is 0.753. The first-order valence-electron chi connectivity index (χ1n) is 6.41. The minimum atomic E-state index is -0.158. The number of likely N-dealkylation sites (tertiary alicyclic amines) is 1. The molecule has 0 N–H and O–H groups in total. The number of ether oxygens (including phenoxy) is 1. The summed E-state index contributed by atoms with van der Waals surface area (Å²) in [5.74, 6) is -0.133. The summed E-state index contributed by atoms with van der Waals surface area (Å²) in [5, 5.41) is 7.63. The molecule has 1 saturated heterocycles. The zero-order chi connectivity index (χ0) is 13.0. The van der Waals surface area contributed by atoms with Crippen molar-refractivity contribution in [2.75, 3.05) is 13.2 Å². The number of rotatable bonds is 4. The molecular formula is C12H19N3O3. The molecule has 1 unspecified atom stereocenters. The zero-order valence-electron chi connectivity index (χ0n) is 10.9. The predicted octanol–water partition coefficient (Wildman–Crippen LogP) is 1.30. The largest absolute Gasteiger partial charge is 0.465 e. The summed E-state index contributed by atoms with van der Waals surface area (Å²) in [6, 6.07) is -0.158. The van der Waals surface area contributed by atoms with Crippen LogP contribution in [0.2, 0.25) is 0 Å². The third-order valence-corrected chi connectivity index (χ3v) is 3.27. The Balaban J connectivity index is 2.04. The van der Waals surface area contributed by atoms with Gasteiger partial charge in [-0.2, -0.15) is 0 Å². The van der Waals surface area contributed by atoms with Gasteiger partial charge in [0.1, 0.15) is 17.4 Å². The third kappa shape index (κ3) is 2.87. The zero-order valence-corrected chi connectivity index (χ0v) is 10.9. The van der Waals surface area contributed by atoms with E-state index in [9.17, 15) is 4.79 Å². The highest BCUT2D eigenvalue weighted by molar-refractivity contribution is 5.75. The van der Waals surface area contributed by atoms with Crippen molar-refractivity contribution in [2.45, 2.75) is 45.7 Å². The van der Waals surface area contributed by atoms with Crippen LogP contribution in [0.25, 0.3) is 0 Å². The Hall–Kier alpha value is -1.43. The third-order valence-electron chi connectivity index (χ3n) is 3.27. The highest BCUT2D eigenvalue weighted by Crippen LogP contribution is 2.20. The Bertz CT molecular complexity index is 405. The number of nitrogens with zero attached hydrogens (tertiary/aromatic N) is 3. The van der Waals surface area contributed by atoms with Crippen molar-refractivity contribution in [3.63, 3.8) is 0 Å². The van der Waals surface area contributed by atoms with Gasteiger partial charge in [-0.3, -0.25) is 9.69 Å². The molecule has 0 spiro atoms. The number of hydrogen-bond acceptors (Lipinski definition) is 6. The lowest BCUT2D eigenvalue weighted by Crippen LogP contribution is -2.45. The first-order valence-corrected chi connectivity index (χ1v) is 6.41. The molecule has 0 bridgehead atoms.